The Hall–Kier alpha value is -3.19. The number of halogens is 3. The second-order valence-corrected chi connectivity index (χ2v) is 10.4. The summed E-state index contributed by atoms with van der Waals surface area (Å²) >= 11 is 0. The topological polar surface area (TPSA) is 99.9 Å². The van der Waals surface area contributed by atoms with Crippen molar-refractivity contribution in [2.45, 2.75) is 11.1 Å². The van der Waals surface area contributed by atoms with E-state index in [0.29, 0.717) is 31.8 Å². The summed E-state index contributed by atoms with van der Waals surface area (Å²) in [6.07, 6.45) is -3.15. The summed E-state index contributed by atoms with van der Waals surface area (Å²) in [6.45, 7) is 1.56. The zero-order valence-corrected chi connectivity index (χ0v) is 18.8. The van der Waals surface area contributed by atoms with Crippen molar-refractivity contribution in [2.75, 3.05) is 38.1 Å². The third-order valence-corrected chi connectivity index (χ3v) is 7.87. The Morgan fingerprint density at radius 2 is 1.71 bits per heavy atom. The third-order valence-electron chi connectivity index (χ3n) is 6.47. The molecule has 2 fully saturated rings. The molecule has 0 unspecified atom stereocenters. The van der Waals surface area contributed by atoms with Gasteiger partial charge < -0.3 is 9.80 Å². The standard InChI is InChI=1S/C21H21F3N6O3S/c1-25-34(32,33)15-6-7-18-26-27-19(30(18)12-15)20(31)29-10-13-8-28(9-14(13)11-29)17-5-3-2-4-16(17)21(22,23)24/h2-7,12-14,25H,8-11H2,1H3/t13-,14+. The van der Waals surface area contributed by atoms with E-state index in [2.05, 4.69) is 14.9 Å². The lowest BCUT2D eigenvalue weighted by atomic mass is 10.0. The first kappa shape index (κ1) is 22.6. The van der Waals surface area contributed by atoms with Gasteiger partial charge in [-0.3, -0.25) is 9.20 Å². The molecule has 2 saturated heterocycles. The highest BCUT2D eigenvalue weighted by molar-refractivity contribution is 7.89. The molecule has 0 spiro atoms. The van der Waals surface area contributed by atoms with Gasteiger partial charge in [0.25, 0.3) is 5.91 Å². The predicted molar refractivity (Wildman–Crippen MR) is 116 cm³/mol. The van der Waals surface area contributed by atoms with Crippen molar-refractivity contribution in [2.24, 2.45) is 11.8 Å². The molecule has 5 rings (SSSR count). The molecule has 0 saturated carbocycles. The number of nitrogens with zero attached hydrogens (tertiary/aromatic N) is 5. The summed E-state index contributed by atoms with van der Waals surface area (Å²) in [7, 11) is -2.44. The lowest BCUT2D eigenvalue weighted by Crippen LogP contribution is -2.34. The molecule has 13 heteroatoms. The quantitative estimate of drug-likeness (QED) is 0.595. The van der Waals surface area contributed by atoms with E-state index < -0.39 is 27.7 Å². The number of sulfonamides is 1. The second-order valence-electron chi connectivity index (χ2n) is 8.47. The molecular weight excluding hydrogens is 473 g/mol. The van der Waals surface area contributed by atoms with Crippen molar-refractivity contribution in [3.8, 4) is 0 Å². The zero-order chi connectivity index (χ0) is 24.3. The number of benzene rings is 1. The molecule has 34 heavy (non-hydrogen) atoms. The molecule has 4 heterocycles. The number of carbonyl (C=O) groups excluding carboxylic acids is 1. The number of rotatable bonds is 4. The Morgan fingerprint density at radius 1 is 1.03 bits per heavy atom. The van der Waals surface area contributed by atoms with Gasteiger partial charge in [0.1, 0.15) is 0 Å². The van der Waals surface area contributed by atoms with Crippen molar-refractivity contribution in [1.82, 2.24) is 24.2 Å². The fourth-order valence-corrected chi connectivity index (χ4v) is 5.51. The molecule has 1 aromatic carbocycles. The number of carbonyl (C=O) groups is 1. The SMILES string of the molecule is CNS(=O)(=O)c1ccc2nnc(C(=O)N3C[C@@H]4CN(c5ccccc5C(F)(F)F)C[C@@H]4C3)n2c1. The van der Waals surface area contributed by atoms with Crippen molar-refractivity contribution < 1.29 is 26.4 Å². The van der Waals surface area contributed by atoms with Gasteiger partial charge in [0.05, 0.1) is 10.5 Å². The number of aromatic nitrogens is 3. The highest BCUT2D eigenvalue weighted by atomic mass is 32.2. The maximum absolute atomic E-state index is 13.4. The number of anilines is 1. The van der Waals surface area contributed by atoms with Gasteiger partial charge in [0.2, 0.25) is 15.8 Å². The molecule has 0 radical (unpaired) electrons. The minimum absolute atomic E-state index is 0.0117. The van der Waals surface area contributed by atoms with Crippen LogP contribution in [0.4, 0.5) is 18.9 Å². The van der Waals surface area contributed by atoms with Gasteiger partial charge >= 0.3 is 6.18 Å². The average Bonchev–Trinajstić information content (AvgIpc) is 3.50. The molecule has 2 atom stereocenters. The number of amides is 1. The van der Waals surface area contributed by atoms with E-state index >= 15 is 0 Å². The van der Waals surface area contributed by atoms with Crippen LogP contribution >= 0.6 is 0 Å². The maximum Gasteiger partial charge on any atom is 0.418 e. The first-order valence-corrected chi connectivity index (χ1v) is 12.1. The van der Waals surface area contributed by atoms with Gasteiger partial charge in [-0.05, 0) is 31.3 Å². The normalized spacial score (nSPS) is 20.8. The number of hydrogen-bond donors (Lipinski definition) is 1. The lowest BCUT2D eigenvalue weighted by molar-refractivity contribution is -0.137. The van der Waals surface area contributed by atoms with E-state index in [1.165, 1.54) is 41.9 Å². The second kappa shape index (κ2) is 7.94. The first-order chi connectivity index (χ1) is 16.1. The Labute approximate surface area is 193 Å². The van der Waals surface area contributed by atoms with E-state index in [0.717, 1.165) is 6.07 Å². The fraction of sp³-hybridized carbons (Fsp3) is 0.381. The number of hydrogen-bond acceptors (Lipinski definition) is 6. The minimum atomic E-state index is -4.44. The van der Waals surface area contributed by atoms with Crippen LogP contribution in [0.5, 0.6) is 0 Å². The average molecular weight is 494 g/mol. The van der Waals surface area contributed by atoms with E-state index in [1.807, 2.05) is 0 Å². The van der Waals surface area contributed by atoms with Crippen molar-refractivity contribution >= 4 is 27.3 Å². The fourth-order valence-electron chi connectivity index (χ4n) is 4.78. The van der Waals surface area contributed by atoms with Gasteiger partial charge in [0, 0.05) is 49.9 Å². The van der Waals surface area contributed by atoms with Crippen molar-refractivity contribution in [3.05, 3.63) is 54.0 Å². The number of alkyl halides is 3. The van der Waals surface area contributed by atoms with Crippen LogP contribution in [0.2, 0.25) is 0 Å². The highest BCUT2D eigenvalue weighted by Gasteiger charge is 2.44. The Morgan fingerprint density at radius 3 is 2.35 bits per heavy atom. The van der Waals surface area contributed by atoms with E-state index in [4.69, 9.17) is 0 Å². The molecule has 180 valence electrons. The molecule has 0 bridgehead atoms. The van der Waals surface area contributed by atoms with Crippen LogP contribution in [0.3, 0.4) is 0 Å². The van der Waals surface area contributed by atoms with Gasteiger partial charge in [0.15, 0.2) is 5.65 Å². The Bertz CT molecular complexity index is 1360. The number of likely N-dealkylation sites (tertiary alicyclic amines) is 1. The van der Waals surface area contributed by atoms with Gasteiger partial charge in [-0.15, -0.1) is 10.2 Å². The number of para-hydroxylation sites is 1. The van der Waals surface area contributed by atoms with E-state index in [1.54, 1.807) is 15.9 Å². The molecule has 2 aromatic heterocycles. The molecule has 1 amide bonds. The molecule has 0 aliphatic carbocycles. The third kappa shape index (κ3) is 3.78. The summed E-state index contributed by atoms with van der Waals surface area (Å²) in [5.74, 6) is -0.375. The van der Waals surface area contributed by atoms with Crippen molar-refractivity contribution in [3.63, 3.8) is 0 Å². The summed E-state index contributed by atoms with van der Waals surface area (Å²) < 4.78 is 68.1. The lowest BCUT2D eigenvalue weighted by Gasteiger charge is -2.25. The number of nitrogens with one attached hydrogen (secondary N) is 1. The van der Waals surface area contributed by atoms with E-state index in [9.17, 15) is 26.4 Å². The molecule has 2 aliphatic rings. The monoisotopic (exact) mass is 494 g/mol. The maximum atomic E-state index is 13.4. The number of pyridine rings is 1. The number of fused-ring (bicyclic) bond motifs is 2. The van der Waals surface area contributed by atoms with Crippen LogP contribution in [-0.2, 0) is 16.2 Å². The van der Waals surface area contributed by atoms with Crippen LogP contribution in [0, 0.1) is 11.8 Å². The van der Waals surface area contributed by atoms with E-state index in [-0.39, 0.29) is 28.2 Å². The van der Waals surface area contributed by atoms with Gasteiger partial charge in [-0.1, -0.05) is 12.1 Å². The largest absolute Gasteiger partial charge is 0.418 e. The van der Waals surface area contributed by atoms with Gasteiger partial charge in [-0.25, -0.2) is 13.1 Å². The summed E-state index contributed by atoms with van der Waals surface area (Å²) in [4.78, 5) is 16.5. The highest BCUT2D eigenvalue weighted by Crippen LogP contribution is 2.40. The Kier molecular flexibility index (Phi) is 5.28. The summed E-state index contributed by atoms with van der Waals surface area (Å²) in [5, 5.41) is 7.91. The van der Waals surface area contributed by atoms with Gasteiger partial charge in [-0.2, -0.15) is 13.2 Å². The molecule has 2 aliphatic heterocycles. The Balaban J connectivity index is 1.35. The van der Waals surface area contributed by atoms with Crippen LogP contribution in [0.1, 0.15) is 16.2 Å². The zero-order valence-electron chi connectivity index (χ0n) is 18.0. The summed E-state index contributed by atoms with van der Waals surface area (Å²) in [6, 6.07) is 8.36. The van der Waals surface area contributed by atoms with Crippen LogP contribution in [0.25, 0.3) is 5.65 Å². The molecule has 3 aromatic rings. The van der Waals surface area contributed by atoms with Crippen LogP contribution in [-0.4, -0.2) is 67.0 Å². The molecule has 1 N–H and O–H groups in total. The smallest absolute Gasteiger partial charge is 0.370 e. The predicted octanol–water partition coefficient (Wildman–Crippen LogP) is 1.86. The molecular formula is C21H21F3N6O3S. The van der Waals surface area contributed by atoms with Crippen LogP contribution in [0.15, 0.2) is 47.5 Å². The van der Waals surface area contributed by atoms with Crippen LogP contribution < -0.4 is 9.62 Å². The molecule has 9 nitrogen and oxygen atoms in total. The first-order valence-electron chi connectivity index (χ1n) is 10.6. The minimum Gasteiger partial charge on any atom is -0.370 e. The van der Waals surface area contributed by atoms with Crippen molar-refractivity contribution in [1.29, 1.82) is 0 Å². The summed E-state index contributed by atoms with van der Waals surface area (Å²) in [5.41, 5.74) is -0.179.